The predicted molar refractivity (Wildman–Crippen MR) is 47.3 cm³/mol. The molecule has 0 atom stereocenters. The molecule has 60 valence electrons. The number of hydrogen-bond donors (Lipinski definition) is 1. The zero-order valence-electron chi connectivity index (χ0n) is 6.03. The fourth-order valence-corrected chi connectivity index (χ4v) is 1.10. The van der Waals surface area contributed by atoms with Crippen molar-refractivity contribution in [2.24, 2.45) is 0 Å². The van der Waals surface area contributed by atoms with Gasteiger partial charge in [-0.25, -0.2) is 9.97 Å². The standard InChI is InChI=1S/C7H5BrN4/c8-6-2-1-5(3-9-6)7-10-4-11-12-7/h1-4H,(H,10,11,12). The number of pyridine rings is 1. The van der Waals surface area contributed by atoms with Gasteiger partial charge in [0.25, 0.3) is 0 Å². The average Bonchev–Trinajstić information content (AvgIpc) is 2.58. The van der Waals surface area contributed by atoms with Gasteiger partial charge in [0, 0.05) is 11.8 Å². The van der Waals surface area contributed by atoms with Gasteiger partial charge in [-0.2, -0.15) is 5.10 Å². The second-order valence-electron chi connectivity index (χ2n) is 2.20. The minimum Gasteiger partial charge on any atom is -0.259 e. The van der Waals surface area contributed by atoms with E-state index in [4.69, 9.17) is 0 Å². The van der Waals surface area contributed by atoms with Crippen molar-refractivity contribution in [3.63, 3.8) is 0 Å². The zero-order chi connectivity index (χ0) is 8.39. The Morgan fingerprint density at radius 1 is 1.25 bits per heavy atom. The summed E-state index contributed by atoms with van der Waals surface area (Å²) >= 11 is 3.25. The Bertz CT molecular complexity index is 353. The lowest BCUT2D eigenvalue weighted by atomic mass is 10.3. The molecule has 0 fully saturated rings. The summed E-state index contributed by atoms with van der Waals surface area (Å²) in [6.07, 6.45) is 3.20. The van der Waals surface area contributed by atoms with Crippen LogP contribution in [0.2, 0.25) is 0 Å². The second kappa shape index (κ2) is 3.02. The lowest BCUT2D eigenvalue weighted by Gasteiger charge is -1.93. The summed E-state index contributed by atoms with van der Waals surface area (Å²) < 4.78 is 0.811. The van der Waals surface area contributed by atoms with E-state index in [2.05, 4.69) is 36.1 Å². The van der Waals surface area contributed by atoms with Crippen LogP contribution >= 0.6 is 15.9 Å². The van der Waals surface area contributed by atoms with E-state index in [9.17, 15) is 0 Å². The van der Waals surface area contributed by atoms with Crippen LogP contribution in [0.3, 0.4) is 0 Å². The van der Waals surface area contributed by atoms with Crippen LogP contribution < -0.4 is 0 Å². The highest BCUT2D eigenvalue weighted by Crippen LogP contribution is 2.14. The average molecular weight is 225 g/mol. The van der Waals surface area contributed by atoms with Crippen LogP contribution in [0.4, 0.5) is 0 Å². The molecule has 4 nitrogen and oxygen atoms in total. The first-order valence-corrected chi connectivity index (χ1v) is 4.13. The first-order valence-electron chi connectivity index (χ1n) is 3.33. The fourth-order valence-electron chi connectivity index (χ4n) is 0.860. The van der Waals surface area contributed by atoms with E-state index in [1.165, 1.54) is 6.33 Å². The number of nitrogens with zero attached hydrogens (tertiary/aromatic N) is 3. The molecule has 2 aromatic heterocycles. The van der Waals surface area contributed by atoms with Gasteiger partial charge in [-0.05, 0) is 28.1 Å². The lowest BCUT2D eigenvalue weighted by molar-refractivity contribution is 1.09. The Labute approximate surface area is 77.2 Å². The molecule has 0 aliphatic carbocycles. The van der Waals surface area contributed by atoms with Crippen LogP contribution in [0.25, 0.3) is 11.4 Å². The van der Waals surface area contributed by atoms with Crippen molar-refractivity contribution in [3.05, 3.63) is 29.3 Å². The minimum absolute atomic E-state index is 0.731. The molecule has 1 N–H and O–H groups in total. The monoisotopic (exact) mass is 224 g/mol. The smallest absolute Gasteiger partial charge is 0.156 e. The minimum atomic E-state index is 0.731. The Morgan fingerprint density at radius 3 is 2.75 bits per heavy atom. The van der Waals surface area contributed by atoms with E-state index in [-0.39, 0.29) is 0 Å². The molecule has 0 spiro atoms. The molecular formula is C7H5BrN4. The summed E-state index contributed by atoms with van der Waals surface area (Å²) in [6.45, 7) is 0. The molecule has 0 aromatic carbocycles. The molecule has 2 heterocycles. The van der Waals surface area contributed by atoms with Crippen molar-refractivity contribution in [2.75, 3.05) is 0 Å². The second-order valence-corrected chi connectivity index (χ2v) is 3.02. The Morgan fingerprint density at radius 2 is 2.17 bits per heavy atom. The van der Waals surface area contributed by atoms with Crippen LogP contribution in [-0.4, -0.2) is 20.2 Å². The van der Waals surface area contributed by atoms with E-state index in [1.54, 1.807) is 6.20 Å². The molecule has 0 amide bonds. The zero-order valence-corrected chi connectivity index (χ0v) is 7.62. The van der Waals surface area contributed by atoms with Gasteiger partial charge < -0.3 is 0 Å². The number of hydrogen-bond acceptors (Lipinski definition) is 3. The summed E-state index contributed by atoms with van der Waals surface area (Å²) in [7, 11) is 0. The van der Waals surface area contributed by atoms with Crippen molar-refractivity contribution in [1.29, 1.82) is 0 Å². The van der Waals surface area contributed by atoms with Crippen molar-refractivity contribution in [1.82, 2.24) is 20.2 Å². The van der Waals surface area contributed by atoms with E-state index in [1.807, 2.05) is 12.1 Å². The maximum atomic E-state index is 4.06. The van der Waals surface area contributed by atoms with E-state index in [0.717, 1.165) is 16.0 Å². The van der Waals surface area contributed by atoms with Gasteiger partial charge >= 0.3 is 0 Å². The SMILES string of the molecule is Brc1ccc(-c2ncn[nH]2)cn1. The van der Waals surface area contributed by atoms with Crippen LogP contribution in [0.5, 0.6) is 0 Å². The summed E-state index contributed by atoms with van der Waals surface area (Å²) in [4.78, 5) is 8.06. The third-order valence-electron chi connectivity index (χ3n) is 1.42. The summed E-state index contributed by atoms with van der Waals surface area (Å²) in [5, 5.41) is 6.50. The number of aromatic nitrogens is 4. The molecule has 0 radical (unpaired) electrons. The molecule has 0 aliphatic rings. The predicted octanol–water partition coefficient (Wildman–Crippen LogP) is 1.63. The molecular weight excluding hydrogens is 220 g/mol. The van der Waals surface area contributed by atoms with Crippen LogP contribution in [0, 0.1) is 0 Å². The van der Waals surface area contributed by atoms with Gasteiger partial charge in [-0.3, -0.25) is 5.10 Å². The fraction of sp³-hybridized carbons (Fsp3) is 0. The molecule has 0 bridgehead atoms. The van der Waals surface area contributed by atoms with Gasteiger partial charge in [0.15, 0.2) is 5.82 Å². The van der Waals surface area contributed by atoms with E-state index < -0.39 is 0 Å². The molecule has 0 aliphatic heterocycles. The maximum Gasteiger partial charge on any atom is 0.156 e. The van der Waals surface area contributed by atoms with Crippen molar-refractivity contribution in [3.8, 4) is 11.4 Å². The maximum absolute atomic E-state index is 4.06. The highest BCUT2D eigenvalue weighted by molar-refractivity contribution is 9.10. The highest BCUT2D eigenvalue weighted by Gasteiger charge is 1.99. The third-order valence-corrected chi connectivity index (χ3v) is 1.88. The first kappa shape index (κ1) is 7.42. The Hall–Kier alpha value is -1.23. The molecule has 5 heteroatoms. The van der Waals surface area contributed by atoms with Gasteiger partial charge in [0.1, 0.15) is 10.9 Å². The number of nitrogens with one attached hydrogen (secondary N) is 1. The third kappa shape index (κ3) is 1.35. The van der Waals surface area contributed by atoms with Crippen LogP contribution in [0.15, 0.2) is 29.3 Å². The highest BCUT2D eigenvalue weighted by atomic mass is 79.9. The van der Waals surface area contributed by atoms with Crippen molar-refractivity contribution in [2.45, 2.75) is 0 Å². The van der Waals surface area contributed by atoms with Gasteiger partial charge in [-0.1, -0.05) is 0 Å². The Kier molecular flexibility index (Phi) is 1.87. The van der Waals surface area contributed by atoms with Crippen molar-refractivity contribution < 1.29 is 0 Å². The van der Waals surface area contributed by atoms with Crippen LogP contribution in [-0.2, 0) is 0 Å². The number of halogens is 1. The molecule has 2 rings (SSSR count). The molecule has 0 unspecified atom stereocenters. The van der Waals surface area contributed by atoms with Gasteiger partial charge in [0.05, 0.1) is 0 Å². The number of H-pyrrole nitrogens is 1. The largest absolute Gasteiger partial charge is 0.259 e. The number of aromatic amines is 1. The number of rotatable bonds is 1. The molecule has 0 saturated carbocycles. The summed E-state index contributed by atoms with van der Waals surface area (Å²) in [5.41, 5.74) is 0.927. The van der Waals surface area contributed by atoms with E-state index >= 15 is 0 Å². The summed E-state index contributed by atoms with van der Waals surface area (Å²) in [6, 6.07) is 3.77. The van der Waals surface area contributed by atoms with Gasteiger partial charge in [0.2, 0.25) is 0 Å². The van der Waals surface area contributed by atoms with Crippen LogP contribution in [0.1, 0.15) is 0 Å². The topological polar surface area (TPSA) is 54.5 Å². The molecule has 2 aromatic rings. The quantitative estimate of drug-likeness (QED) is 0.750. The normalized spacial score (nSPS) is 10.1. The summed E-state index contributed by atoms with van der Waals surface area (Å²) in [5.74, 6) is 0.731. The first-order chi connectivity index (χ1) is 5.86. The van der Waals surface area contributed by atoms with E-state index in [0.29, 0.717) is 0 Å². The van der Waals surface area contributed by atoms with Gasteiger partial charge in [-0.15, -0.1) is 0 Å². The Balaban J connectivity index is 2.43. The molecule has 0 saturated heterocycles. The molecule has 12 heavy (non-hydrogen) atoms. The van der Waals surface area contributed by atoms with Crippen molar-refractivity contribution >= 4 is 15.9 Å². The lowest BCUT2D eigenvalue weighted by Crippen LogP contribution is -1.82.